The zero-order valence-corrected chi connectivity index (χ0v) is 20.0. The third kappa shape index (κ3) is 5.94. The van der Waals surface area contributed by atoms with Crippen LogP contribution < -0.4 is 19.7 Å². The van der Waals surface area contributed by atoms with Gasteiger partial charge >= 0.3 is 0 Å². The third-order valence-corrected chi connectivity index (χ3v) is 6.10. The Morgan fingerprint density at radius 3 is 2.48 bits per heavy atom. The second-order valence-corrected chi connectivity index (χ2v) is 8.19. The van der Waals surface area contributed by atoms with Gasteiger partial charge in [-0.3, -0.25) is 9.59 Å². The van der Waals surface area contributed by atoms with Gasteiger partial charge in [0, 0.05) is 44.8 Å². The van der Waals surface area contributed by atoms with Crippen LogP contribution in [-0.2, 0) is 11.2 Å². The number of ether oxygens (including phenoxy) is 2. The van der Waals surface area contributed by atoms with Crippen LogP contribution in [0.2, 0.25) is 0 Å². The topological polar surface area (TPSA) is 84.0 Å². The van der Waals surface area contributed by atoms with Gasteiger partial charge in [0.2, 0.25) is 5.91 Å². The van der Waals surface area contributed by atoms with Gasteiger partial charge in [-0.15, -0.1) is 0 Å². The van der Waals surface area contributed by atoms with Gasteiger partial charge in [-0.05, 0) is 42.7 Å². The molecule has 1 unspecified atom stereocenters. The number of methoxy groups -OCH3 is 2. The van der Waals surface area contributed by atoms with E-state index in [9.17, 15) is 9.59 Å². The highest BCUT2D eigenvalue weighted by atomic mass is 16.5. The van der Waals surface area contributed by atoms with Gasteiger partial charge in [0.05, 0.1) is 19.8 Å². The molecule has 2 aromatic rings. The number of carbonyl (C=O) groups is 2. The first-order valence-electron chi connectivity index (χ1n) is 11.5. The van der Waals surface area contributed by atoms with Crippen molar-refractivity contribution in [3.63, 3.8) is 0 Å². The van der Waals surface area contributed by atoms with Crippen LogP contribution in [0, 0.1) is 5.92 Å². The molecule has 1 atom stereocenters. The molecular formula is C25H34N4O4. The largest absolute Gasteiger partial charge is 0.493 e. The molecule has 2 amide bonds. The molecule has 1 aliphatic heterocycles. The average molecular weight is 455 g/mol. The lowest BCUT2D eigenvalue weighted by Crippen LogP contribution is -2.50. The number of hydrogen-bond donors (Lipinski definition) is 1. The first-order chi connectivity index (χ1) is 16.0. The summed E-state index contributed by atoms with van der Waals surface area (Å²) in [7, 11) is 3.21. The van der Waals surface area contributed by atoms with Gasteiger partial charge in [0.15, 0.2) is 11.5 Å². The number of piperazine rings is 1. The predicted octanol–water partition coefficient (Wildman–Crippen LogP) is 2.77. The normalized spacial score (nSPS) is 14.5. The van der Waals surface area contributed by atoms with Crippen LogP contribution in [0.5, 0.6) is 11.5 Å². The fraction of sp³-hybridized carbons (Fsp3) is 0.480. The van der Waals surface area contributed by atoms with Crippen LogP contribution in [0.4, 0.5) is 5.82 Å². The van der Waals surface area contributed by atoms with E-state index in [1.54, 1.807) is 32.5 Å². The van der Waals surface area contributed by atoms with E-state index < -0.39 is 0 Å². The Bertz CT molecular complexity index is 957. The van der Waals surface area contributed by atoms with E-state index in [-0.39, 0.29) is 17.7 Å². The van der Waals surface area contributed by atoms with Crippen molar-refractivity contribution < 1.29 is 19.1 Å². The lowest BCUT2D eigenvalue weighted by atomic mass is 10.1. The van der Waals surface area contributed by atoms with Crippen LogP contribution in [0.25, 0.3) is 0 Å². The standard InChI is InChI=1S/C25H34N4O4/c1-5-18(2)25(31)29-15-13-28(14-16-29)23-20(7-6-11-26-23)24(30)27-12-10-19-8-9-21(32-3)22(17-19)33-4/h6-9,11,17-18H,5,10,12-16H2,1-4H3,(H,27,30). The number of anilines is 1. The molecule has 0 spiro atoms. The Morgan fingerprint density at radius 2 is 1.82 bits per heavy atom. The quantitative estimate of drug-likeness (QED) is 0.627. The molecule has 0 saturated carbocycles. The molecule has 2 heterocycles. The summed E-state index contributed by atoms with van der Waals surface area (Å²) in [6.07, 6.45) is 3.21. The summed E-state index contributed by atoms with van der Waals surface area (Å²) < 4.78 is 10.6. The maximum Gasteiger partial charge on any atom is 0.255 e. The zero-order valence-electron chi connectivity index (χ0n) is 20.0. The van der Waals surface area contributed by atoms with Gasteiger partial charge in [0.1, 0.15) is 5.82 Å². The number of pyridine rings is 1. The molecule has 3 rings (SSSR count). The van der Waals surface area contributed by atoms with Crippen molar-refractivity contribution in [2.75, 3.05) is 51.8 Å². The highest BCUT2D eigenvalue weighted by Gasteiger charge is 2.26. The van der Waals surface area contributed by atoms with E-state index in [1.165, 1.54) is 0 Å². The molecule has 8 nitrogen and oxygen atoms in total. The summed E-state index contributed by atoms with van der Waals surface area (Å²) in [5, 5.41) is 3.00. The molecule has 1 aromatic heterocycles. The number of benzene rings is 1. The van der Waals surface area contributed by atoms with Crippen LogP contribution in [0.15, 0.2) is 36.5 Å². The number of rotatable bonds is 9. The highest BCUT2D eigenvalue weighted by molar-refractivity contribution is 5.99. The van der Waals surface area contributed by atoms with E-state index in [0.29, 0.717) is 62.0 Å². The van der Waals surface area contributed by atoms with Crippen molar-refractivity contribution in [2.24, 2.45) is 5.92 Å². The summed E-state index contributed by atoms with van der Waals surface area (Å²) in [4.78, 5) is 33.9. The Hall–Kier alpha value is -3.29. The maximum absolute atomic E-state index is 12.9. The molecule has 0 aliphatic carbocycles. The summed E-state index contributed by atoms with van der Waals surface area (Å²) in [5.41, 5.74) is 1.59. The first-order valence-corrected chi connectivity index (χ1v) is 11.5. The van der Waals surface area contributed by atoms with Gasteiger partial charge in [-0.2, -0.15) is 0 Å². The van der Waals surface area contributed by atoms with Crippen molar-refractivity contribution >= 4 is 17.6 Å². The summed E-state index contributed by atoms with van der Waals surface area (Å²) in [5.74, 6) is 2.09. The third-order valence-electron chi connectivity index (χ3n) is 6.10. The van der Waals surface area contributed by atoms with E-state index in [4.69, 9.17) is 9.47 Å². The van der Waals surface area contributed by atoms with Crippen molar-refractivity contribution in [1.82, 2.24) is 15.2 Å². The van der Waals surface area contributed by atoms with Crippen molar-refractivity contribution in [2.45, 2.75) is 26.7 Å². The minimum atomic E-state index is -0.156. The fourth-order valence-electron chi connectivity index (χ4n) is 3.90. The van der Waals surface area contributed by atoms with Gasteiger partial charge < -0.3 is 24.6 Å². The van der Waals surface area contributed by atoms with Crippen molar-refractivity contribution in [3.8, 4) is 11.5 Å². The molecule has 1 aliphatic rings. The Morgan fingerprint density at radius 1 is 1.09 bits per heavy atom. The Labute approximate surface area is 195 Å². The van der Waals surface area contributed by atoms with Crippen LogP contribution >= 0.6 is 0 Å². The molecule has 178 valence electrons. The van der Waals surface area contributed by atoms with Crippen molar-refractivity contribution in [3.05, 3.63) is 47.7 Å². The van der Waals surface area contributed by atoms with Gasteiger partial charge in [-0.25, -0.2) is 4.98 Å². The second-order valence-electron chi connectivity index (χ2n) is 8.19. The average Bonchev–Trinajstić information content (AvgIpc) is 2.87. The first kappa shape index (κ1) is 24.4. The van der Waals surface area contributed by atoms with Crippen LogP contribution in [0.3, 0.4) is 0 Å². The van der Waals surface area contributed by atoms with E-state index in [2.05, 4.69) is 15.2 Å². The molecule has 0 radical (unpaired) electrons. The molecule has 0 bridgehead atoms. The second kappa shape index (κ2) is 11.5. The monoisotopic (exact) mass is 454 g/mol. The Balaban J connectivity index is 1.59. The number of aromatic nitrogens is 1. The van der Waals surface area contributed by atoms with Crippen molar-refractivity contribution in [1.29, 1.82) is 0 Å². The molecular weight excluding hydrogens is 420 g/mol. The van der Waals surface area contributed by atoms with Gasteiger partial charge in [-0.1, -0.05) is 19.9 Å². The van der Waals surface area contributed by atoms with E-state index in [0.717, 1.165) is 12.0 Å². The lowest BCUT2D eigenvalue weighted by molar-refractivity contribution is -0.135. The number of hydrogen-bond acceptors (Lipinski definition) is 6. The number of carbonyl (C=O) groups excluding carboxylic acids is 2. The summed E-state index contributed by atoms with van der Waals surface area (Å²) in [6, 6.07) is 9.31. The number of amides is 2. The maximum atomic E-state index is 12.9. The molecule has 1 N–H and O–H groups in total. The van der Waals surface area contributed by atoms with Crippen LogP contribution in [0.1, 0.15) is 36.2 Å². The van der Waals surface area contributed by atoms with Crippen LogP contribution in [-0.4, -0.2) is 68.6 Å². The molecule has 1 fully saturated rings. The Kier molecular flexibility index (Phi) is 8.52. The SMILES string of the molecule is CCC(C)C(=O)N1CCN(c2ncccc2C(=O)NCCc2ccc(OC)c(OC)c2)CC1. The predicted molar refractivity (Wildman–Crippen MR) is 128 cm³/mol. The zero-order chi connectivity index (χ0) is 23.8. The molecule has 33 heavy (non-hydrogen) atoms. The molecule has 8 heteroatoms. The number of nitrogens with zero attached hydrogens (tertiary/aromatic N) is 3. The molecule has 1 aromatic carbocycles. The summed E-state index contributed by atoms with van der Waals surface area (Å²) in [6.45, 7) is 7.08. The summed E-state index contributed by atoms with van der Waals surface area (Å²) >= 11 is 0. The van der Waals surface area contributed by atoms with Gasteiger partial charge in [0.25, 0.3) is 5.91 Å². The minimum absolute atomic E-state index is 0.0402. The fourth-order valence-corrected chi connectivity index (χ4v) is 3.90. The minimum Gasteiger partial charge on any atom is -0.493 e. The van der Waals surface area contributed by atoms with E-state index >= 15 is 0 Å². The lowest BCUT2D eigenvalue weighted by Gasteiger charge is -2.37. The smallest absolute Gasteiger partial charge is 0.255 e. The number of nitrogens with one attached hydrogen (secondary N) is 1. The van der Waals surface area contributed by atoms with E-state index in [1.807, 2.05) is 36.9 Å². The highest BCUT2D eigenvalue weighted by Crippen LogP contribution is 2.27. The molecule has 1 saturated heterocycles.